The Labute approximate surface area is 222 Å². The molecule has 1 fully saturated rings. The molecule has 10 nitrogen and oxygen atoms in total. The van der Waals surface area contributed by atoms with Gasteiger partial charge < -0.3 is 18.9 Å². The van der Waals surface area contributed by atoms with E-state index in [4.69, 9.17) is 18.9 Å². The second-order valence-corrected chi connectivity index (χ2v) is 9.15. The first-order chi connectivity index (χ1) is 18.2. The van der Waals surface area contributed by atoms with Gasteiger partial charge in [-0.15, -0.1) is 0 Å². The van der Waals surface area contributed by atoms with E-state index in [2.05, 4.69) is 9.80 Å². The molecule has 1 saturated heterocycles. The van der Waals surface area contributed by atoms with Crippen LogP contribution in [-0.2, 0) is 19.1 Å². The van der Waals surface area contributed by atoms with Crippen molar-refractivity contribution < 1.29 is 38.1 Å². The van der Waals surface area contributed by atoms with Crippen LogP contribution in [0.5, 0.6) is 11.5 Å². The second-order valence-electron chi connectivity index (χ2n) is 9.15. The summed E-state index contributed by atoms with van der Waals surface area (Å²) in [5, 5.41) is 0. The zero-order valence-corrected chi connectivity index (χ0v) is 22.2. The quantitative estimate of drug-likeness (QED) is 0.338. The molecule has 0 spiro atoms. The van der Waals surface area contributed by atoms with Gasteiger partial charge in [0.25, 0.3) is 0 Å². The van der Waals surface area contributed by atoms with Crippen molar-refractivity contribution in [2.24, 2.45) is 0 Å². The van der Waals surface area contributed by atoms with Crippen LogP contribution in [0.25, 0.3) is 0 Å². The van der Waals surface area contributed by atoms with Crippen LogP contribution in [-0.4, -0.2) is 85.2 Å². The summed E-state index contributed by atoms with van der Waals surface area (Å²) in [6, 6.07) is 12.9. The van der Waals surface area contributed by atoms with Crippen LogP contribution in [0.15, 0.2) is 48.5 Å². The average Bonchev–Trinajstić information content (AvgIpc) is 2.90. The number of hydrogen-bond acceptors (Lipinski definition) is 10. The molecule has 2 atom stereocenters. The van der Waals surface area contributed by atoms with E-state index in [1.54, 1.807) is 48.5 Å². The van der Waals surface area contributed by atoms with E-state index in [1.807, 2.05) is 13.8 Å². The molecule has 38 heavy (non-hydrogen) atoms. The molecule has 1 heterocycles. The topological polar surface area (TPSA) is 112 Å². The molecular formula is C28H34N2O8. The molecule has 204 valence electrons. The van der Waals surface area contributed by atoms with Gasteiger partial charge in [-0.05, 0) is 38.1 Å². The van der Waals surface area contributed by atoms with Crippen molar-refractivity contribution in [3.63, 3.8) is 0 Å². The number of rotatable bonds is 10. The Kier molecular flexibility index (Phi) is 10.4. The molecule has 3 rings (SSSR count). The summed E-state index contributed by atoms with van der Waals surface area (Å²) >= 11 is 0. The molecule has 0 radical (unpaired) electrons. The number of nitrogens with zero attached hydrogens (tertiary/aromatic N) is 2. The van der Waals surface area contributed by atoms with E-state index in [9.17, 15) is 19.2 Å². The van der Waals surface area contributed by atoms with Crippen molar-refractivity contribution in [2.45, 2.75) is 39.8 Å². The van der Waals surface area contributed by atoms with Crippen LogP contribution in [0.2, 0.25) is 0 Å². The number of esters is 4. The van der Waals surface area contributed by atoms with Crippen molar-refractivity contribution in [1.29, 1.82) is 0 Å². The highest BCUT2D eigenvalue weighted by Crippen LogP contribution is 2.21. The highest BCUT2D eigenvalue weighted by molar-refractivity contribution is 5.94. The number of hydrogen-bond donors (Lipinski definition) is 0. The van der Waals surface area contributed by atoms with E-state index in [0.717, 1.165) is 26.2 Å². The van der Waals surface area contributed by atoms with Crippen LogP contribution < -0.4 is 9.47 Å². The zero-order valence-electron chi connectivity index (χ0n) is 22.2. The largest absolute Gasteiger partial charge is 0.460 e. The average molecular weight is 527 g/mol. The second kappa shape index (κ2) is 13.7. The highest BCUT2D eigenvalue weighted by Gasteiger charge is 2.26. The molecule has 2 aromatic carbocycles. The predicted octanol–water partition coefficient (Wildman–Crippen LogP) is 2.95. The molecule has 0 bridgehead atoms. The Hall–Kier alpha value is -3.76. The van der Waals surface area contributed by atoms with Gasteiger partial charge in [0.1, 0.15) is 35.8 Å². The molecule has 0 aliphatic carbocycles. The summed E-state index contributed by atoms with van der Waals surface area (Å²) < 4.78 is 21.2. The van der Waals surface area contributed by atoms with E-state index in [1.165, 1.54) is 13.8 Å². The maximum atomic E-state index is 12.6. The van der Waals surface area contributed by atoms with Crippen molar-refractivity contribution >= 4 is 23.9 Å². The fourth-order valence-electron chi connectivity index (χ4n) is 4.14. The minimum Gasteiger partial charge on any atom is -0.460 e. The maximum Gasteiger partial charge on any atom is 0.342 e. The Morgan fingerprint density at radius 3 is 1.34 bits per heavy atom. The third-order valence-corrected chi connectivity index (χ3v) is 6.23. The van der Waals surface area contributed by atoms with Crippen LogP contribution in [0.4, 0.5) is 0 Å². The fraction of sp³-hybridized carbons (Fsp3) is 0.429. The molecule has 2 unspecified atom stereocenters. The monoisotopic (exact) mass is 526 g/mol. The molecule has 10 heteroatoms. The third kappa shape index (κ3) is 8.12. The van der Waals surface area contributed by atoms with Gasteiger partial charge >= 0.3 is 23.9 Å². The smallest absolute Gasteiger partial charge is 0.342 e. The third-order valence-electron chi connectivity index (χ3n) is 6.23. The summed E-state index contributed by atoms with van der Waals surface area (Å²) in [5.74, 6) is -1.75. The van der Waals surface area contributed by atoms with Crippen molar-refractivity contribution in [2.75, 3.05) is 39.4 Å². The highest BCUT2D eigenvalue weighted by atomic mass is 16.6. The Morgan fingerprint density at radius 1 is 0.658 bits per heavy atom. The lowest BCUT2D eigenvalue weighted by molar-refractivity contribution is -0.132. The lowest BCUT2D eigenvalue weighted by atomic mass is 10.2. The van der Waals surface area contributed by atoms with Crippen LogP contribution >= 0.6 is 0 Å². The number of carbonyl (C=O) groups is 4. The SMILES string of the molecule is CC(=O)Oc1ccccc1C(=O)OCC(C)N1CCN(C(C)COC(=O)c2ccccc2OC(C)=O)CC1. The molecule has 2 aromatic rings. The maximum absolute atomic E-state index is 12.6. The van der Waals surface area contributed by atoms with Gasteiger partial charge in [0.2, 0.25) is 0 Å². The molecule has 0 amide bonds. The molecule has 0 saturated carbocycles. The molecule has 0 N–H and O–H groups in total. The van der Waals surface area contributed by atoms with Gasteiger partial charge in [0.05, 0.1) is 0 Å². The van der Waals surface area contributed by atoms with E-state index in [0.29, 0.717) is 0 Å². The fourth-order valence-corrected chi connectivity index (χ4v) is 4.14. The van der Waals surface area contributed by atoms with Gasteiger partial charge in [-0.25, -0.2) is 9.59 Å². The summed E-state index contributed by atoms with van der Waals surface area (Å²) in [7, 11) is 0. The lowest BCUT2D eigenvalue weighted by Gasteiger charge is -2.40. The number of carbonyl (C=O) groups excluding carboxylic acids is 4. The van der Waals surface area contributed by atoms with Crippen LogP contribution in [0.3, 0.4) is 0 Å². The van der Waals surface area contributed by atoms with Gasteiger partial charge in [0.15, 0.2) is 0 Å². The molecule has 0 aromatic heterocycles. The first-order valence-electron chi connectivity index (χ1n) is 12.5. The van der Waals surface area contributed by atoms with Gasteiger partial charge in [-0.3, -0.25) is 19.4 Å². The molecular weight excluding hydrogens is 492 g/mol. The Balaban J connectivity index is 1.44. The first kappa shape index (κ1) is 28.8. The number of benzene rings is 2. The zero-order chi connectivity index (χ0) is 27.7. The summed E-state index contributed by atoms with van der Waals surface area (Å²) in [4.78, 5) is 52.2. The molecule has 1 aliphatic heterocycles. The van der Waals surface area contributed by atoms with Crippen molar-refractivity contribution in [3.05, 3.63) is 59.7 Å². The minimum atomic E-state index is -0.543. The van der Waals surface area contributed by atoms with Crippen molar-refractivity contribution in [1.82, 2.24) is 9.80 Å². The predicted molar refractivity (Wildman–Crippen MR) is 138 cm³/mol. The van der Waals surface area contributed by atoms with Gasteiger partial charge in [-0.1, -0.05) is 24.3 Å². The Bertz CT molecular complexity index is 1050. The van der Waals surface area contributed by atoms with E-state index in [-0.39, 0.29) is 47.9 Å². The van der Waals surface area contributed by atoms with E-state index >= 15 is 0 Å². The van der Waals surface area contributed by atoms with Gasteiger partial charge in [-0.2, -0.15) is 0 Å². The normalized spacial score (nSPS) is 15.7. The Morgan fingerprint density at radius 2 is 1.00 bits per heavy atom. The van der Waals surface area contributed by atoms with Gasteiger partial charge in [0, 0.05) is 52.1 Å². The van der Waals surface area contributed by atoms with Crippen LogP contribution in [0.1, 0.15) is 48.4 Å². The lowest BCUT2D eigenvalue weighted by Crippen LogP contribution is -2.53. The van der Waals surface area contributed by atoms with E-state index < -0.39 is 23.9 Å². The minimum absolute atomic E-state index is 0.00657. The molecule has 1 aliphatic rings. The summed E-state index contributed by atoms with van der Waals surface area (Å²) in [6.07, 6.45) is 0. The first-order valence-corrected chi connectivity index (χ1v) is 12.5. The standard InChI is InChI=1S/C28H34N2O8/c1-19(17-35-27(33)23-9-5-7-11-25(23)37-21(3)31)29-13-15-30(16-14-29)20(2)18-36-28(34)24-10-6-8-12-26(24)38-22(4)32/h5-12,19-20H,13-18H2,1-4H3. The summed E-state index contributed by atoms with van der Waals surface area (Å²) in [5.41, 5.74) is 0.414. The number of piperazine rings is 1. The number of ether oxygens (including phenoxy) is 4. The number of para-hydroxylation sites is 2. The van der Waals surface area contributed by atoms with Crippen LogP contribution in [0, 0.1) is 0 Å². The van der Waals surface area contributed by atoms with Crippen molar-refractivity contribution in [3.8, 4) is 11.5 Å². The summed E-state index contributed by atoms with van der Waals surface area (Å²) in [6.45, 7) is 9.97.